The molecule has 1 amide bonds. The van der Waals surface area contributed by atoms with E-state index in [1.165, 1.54) is 11.8 Å². The number of thioether (sulfide) groups is 1. The van der Waals surface area contributed by atoms with E-state index in [1.54, 1.807) is 7.11 Å². The fourth-order valence-corrected chi connectivity index (χ4v) is 4.58. The average molecular weight is 439 g/mol. The smallest absolute Gasteiger partial charge is 0.286 e. The fourth-order valence-electron chi connectivity index (χ4n) is 3.65. The van der Waals surface area contributed by atoms with Gasteiger partial charge in [-0.3, -0.25) is 4.79 Å². The second-order valence-electron chi connectivity index (χ2n) is 7.66. The summed E-state index contributed by atoms with van der Waals surface area (Å²) in [5.74, 6) is 1.07. The molecule has 2 aromatic carbocycles. The zero-order valence-electron chi connectivity index (χ0n) is 17.9. The molecule has 2 aliphatic heterocycles. The van der Waals surface area contributed by atoms with Crippen molar-refractivity contribution in [1.29, 1.82) is 0 Å². The first-order valence-electron chi connectivity index (χ1n) is 10.3. The van der Waals surface area contributed by atoms with E-state index in [0.717, 1.165) is 29.4 Å². The van der Waals surface area contributed by atoms with Crippen LogP contribution in [0.2, 0.25) is 0 Å². The van der Waals surface area contributed by atoms with E-state index < -0.39 is 0 Å². The van der Waals surface area contributed by atoms with Gasteiger partial charge in [0.2, 0.25) is 0 Å². The third kappa shape index (κ3) is 5.29. The largest absolute Gasteiger partial charge is 0.493 e. The van der Waals surface area contributed by atoms with Gasteiger partial charge in [-0.25, -0.2) is 0 Å². The number of rotatable bonds is 5. The molecule has 162 valence electrons. The molecule has 31 heavy (non-hydrogen) atoms. The van der Waals surface area contributed by atoms with Crippen LogP contribution in [0.3, 0.4) is 0 Å². The number of carbonyl (C=O) groups excluding carboxylic acids is 1. The van der Waals surface area contributed by atoms with Crippen LogP contribution in [0, 0.1) is 0 Å². The van der Waals surface area contributed by atoms with Gasteiger partial charge in [0.15, 0.2) is 16.7 Å². The van der Waals surface area contributed by atoms with Gasteiger partial charge >= 0.3 is 0 Å². The molecule has 0 aromatic heterocycles. The quantitative estimate of drug-likeness (QED) is 0.647. The molecule has 2 atom stereocenters. The standard InChI is InChI=1S/C24H26N2O4S/c1-16-13-26(14-17(2)30-16)24-25-23(27)22(31-24)12-19-9-10-20(21(11-19)28-3)29-15-18-7-5-4-6-8-18/h4-12,16-17H,13-15H2,1-3H3/b22-12+/t16-,17-/m1/s1. The molecule has 0 radical (unpaired) electrons. The third-order valence-electron chi connectivity index (χ3n) is 5.02. The number of hydrogen-bond donors (Lipinski definition) is 0. The molecular weight excluding hydrogens is 412 g/mol. The molecule has 2 heterocycles. The van der Waals surface area contributed by atoms with Crippen molar-refractivity contribution in [3.05, 3.63) is 64.6 Å². The van der Waals surface area contributed by atoms with Gasteiger partial charge in [0.25, 0.3) is 5.91 Å². The van der Waals surface area contributed by atoms with Gasteiger partial charge in [-0.05, 0) is 54.9 Å². The Labute approximate surface area is 186 Å². The minimum Gasteiger partial charge on any atom is -0.493 e. The molecule has 0 unspecified atom stereocenters. The van der Waals surface area contributed by atoms with Crippen molar-refractivity contribution in [2.75, 3.05) is 20.2 Å². The minimum absolute atomic E-state index is 0.114. The molecule has 2 aliphatic rings. The molecule has 0 saturated carbocycles. The lowest BCUT2D eigenvalue weighted by Crippen LogP contribution is -2.47. The lowest BCUT2D eigenvalue weighted by atomic mass is 10.2. The highest BCUT2D eigenvalue weighted by atomic mass is 32.2. The summed E-state index contributed by atoms with van der Waals surface area (Å²) in [6.07, 6.45) is 2.08. The van der Waals surface area contributed by atoms with Crippen LogP contribution in [0.15, 0.2) is 58.4 Å². The monoisotopic (exact) mass is 438 g/mol. The summed E-state index contributed by atoms with van der Waals surface area (Å²) in [7, 11) is 1.61. The Morgan fingerprint density at radius 1 is 1.13 bits per heavy atom. The Hall–Kier alpha value is -2.77. The van der Waals surface area contributed by atoms with Gasteiger partial charge in [-0.1, -0.05) is 36.4 Å². The van der Waals surface area contributed by atoms with Crippen molar-refractivity contribution in [3.8, 4) is 11.5 Å². The predicted molar refractivity (Wildman–Crippen MR) is 123 cm³/mol. The van der Waals surface area contributed by atoms with Gasteiger partial charge in [-0.2, -0.15) is 4.99 Å². The first kappa shape index (κ1) is 21.5. The Morgan fingerprint density at radius 2 is 1.87 bits per heavy atom. The molecule has 0 bridgehead atoms. The van der Waals surface area contributed by atoms with Crippen LogP contribution in [0.5, 0.6) is 11.5 Å². The lowest BCUT2D eigenvalue weighted by molar-refractivity contribution is -0.113. The van der Waals surface area contributed by atoms with Crippen molar-refractivity contribution in [1.82, 2.24) is 4.90 Å². The van der Waals surface area contributed by atoms with Crippen LogP contribution in [-0.2, 0) is 16.1 Å². The van der Waals surface area contributed by atoms with E-state index >= 15 is 0 Å². The van der Waals surface area contributed by atoms with Gasteiger partial charge in [-0.15, -0.1) is 0 Å². The number of carbonyl (C=O) groups is 1. The fraction of sp³-hybridized carbons (Fsp3) is 0.333. The number of amides is 1. The van der Waals surface area contributed by atoms with E-state index in [4.69, 9.17) is 14.2 Å². The van der Waals surface area contributed by atoms with E-state index in [0.29, 0.717) is 23.0 Å². The van der Waals surface area contributed by atoms with Crippen molar-refractivity contribution in [3.63, 3.8) is 0 Å². The van der Waals surface area contributed by atoms with Crippen LogP contribution in [0.4, 0.5) is 0 Å². The second-order valence-corrected chi connectivity index (χ2v) is 8.67. The Morgan fingerprint density at radius 3 is 2.58 bits per heavy atom. The van der Waals surface area contributed by atoms with Crippen molar-refractivity contribution in [2.45, 2.75) is 32.7 Å². The minimum atomic E-state index is -0.213. The summed E-state index contributed by atoms with van der Waals surface area (Å²) in [4.78, 5) is 19.5. The maximum absolute atomic E-state index is 12.5. The summed E-state index contributed by atoms with van der Waals surface area (Å²) in [6, 6.07) is 15.6. The van der Waals surface area contributed by atoms with Crippen molar-refractivity contribution < 1.29 is 19.0 Å². The van der Waals surface area contributed by atoms with Gasteiger partial charge in [0, 0.05) is 13.1 Å². The Bertz CT molecular complexity index is 996. The van der Waals surface area contributed by atoms with Crippen LogP contribution < -0.4 is 9.47 Å². The van der Waals surface area contributed by atoms with Gasteiger partial charge in [0.1, 0.15) is 6.61 Å². The number of amidine groups is 1. The molecule has 0 N–H and O–H groups in total. The van der Waals surface area contributed by atoms with Crippen LogP contribution in [-0.4, -0.2) is 48.4 Å². The van der Waals surface area contributed by atoms with Gasteiger partial charge in [0.05, 0.1) is 24.2 Å². The molecule has 1 fully saturated rings. The third-order valence-corrected chi connectivity index (χ3v) is 6.07. The molecular formula is C24H26N2O4S. The maximum atomic E-state index is 12.5. The van der Waals surface area contributed by atoms with Crippen LogP contribution in [0.1, 0.15) is 25.0 Å². The summed E-state index contributed by atoms with van der Waals surface area (Å²) in [6.45, 7) is 6.00. The number of hydrogen-bond acceptors (Lipinski definition) is 6. The number of ether oxygens (including phenoxy) is 3. The molecule has 7 heteroatoms. The summed E-state index contributed by atoms with van der Waals surface area (Å²) in [5, 5.41) is 0.744. The number of methoxy groups -OCH3 is 1. The highest BCUT2D eigenvalue weighted by Crippen LogP contribution is 2.34. The van der Waals surface area contributed by atoms with Crippen molar-refractivity contribution >= 4 is 28.9 Å². The summed E-state index contributed by atoms with van der Waals surface area (Å²) >= 11 is 1.41. The van der Waals surface area contributed by atoms with E-state index in [2.05, 4.69) is 9.89 Å². The average Bonchev–Trinajstić information content (AvgIpc) is 3.13. The van der Waals surface area contributed by atoms with E-state index in [-0.39, 0.29) is 18.1 Å². The molecule has 0 aliphatic carbocycles. The molecule has 4 rings (SSSR count). The van der Waals surface area contributed by atoms with Crippen molar-refractivity contribution in [2.24, 2.45) is 4.99 Å². The topological polar surface area (TPSA) is 60.4 Å². The summed E-state index contributed by atoms with van der Waals surface area (Å²) < 4.78 is 17.2. The second kappa shape index (κ2) is 9.58. The van der Waals surface area contributed by atoms with E-state index in [9.17, 15) is 4.79 Å². The number of aliphatic imine (C=N–C) groups is 1. The number of nitrogens with zero attached hydrogens (tertiary/aromatic N) is 2. The lowest BCUT2D eigenvalue weighted by Gasteiger charge is -2.35. The normalized spacial score (nSPS) is 22.5. The molecule has 1 saturated heterocycles. The summed E-state index contributed by atoms with van der Waals surface area (Å²) in [5.41, 5.74) is 1.94. The SMILES string of the molecule is COc1cc(/C=C2/SC(N3C[C@@H](C)O[C@H](C)C3)=NC2=O)ccc1OCc1ccccc1. The molecule has 2 aromatic rings. The number of benzene rings is 2. The first-order valence-corrected chi connectivity index (χ1v) is 11.1. The number of morpholine rings is 1. The molecule has 0 spiro atoms. The highest BCUT2D eigenvalue weighted by Gasteiger charge is 2.31. The zero-order chi connectivity index (χ0) is 21.8. The van der Waals surface area contributed by atoms with Gasteiger partial charge < -0.3 is 19.1 Å². The van der Waals surface area contributed by atoms with E-state index in [1.807, 2.05) is 68.5 Å². The molecule has 6 nitrogen and oxygen atoms in total. The predicted octanol–water partition coefficient (Wildman–Crippen LogP) is 4.35. The Kier molecular flexibility index (Phi) is 6.63. The van der Waals surface area contributed by atoms with Crippen LogP contribution >= 0.6 is 11.8 Å². The zero-order valence-corrected chi connectivity index (χ0v) is 18.7. The van der Waals surface area contributed by atoms with Crippen LogP contribution in [0.25, 0.3) is 6.08 Å². The Balaban J connectivity index is 1.45. The maximum Gasteiger partial charge on any atom is 0.286 e. The highest BCUT2D eigenvalue weighted by molar-refractivity contribution is 8.18. The first-order chi connectivity index (χ1) is 15.0.